The Bertz CT molecular complexity index is 785. The molecule has 6 nitrogen and oxygen atoms in total. The first kappa shape index (κ1) is 18.3. The van der Waals surface area contributed by atoms with Gasteiger partial charge >= 0.3 is 0 Å². The first-order valence-electron chi connectivity index (χ1n) is 7.83. The van der Waals surface area contributed by atoms with E-state index in [-0.39, 0.29) is 18.0 Å². The van der Waals surface area contributed by atoms with Crippen molar-refractivity contribution in [3.63, 3.8) is 0 Å². The molecule has 2 N–H and O–H groups in total. The topological polar surface area (TPSA) is 87.8 Å². The molecule has 0 atom stereocenters. The summed E-state index contributed by atoms with van der Waals surface area (Å²) in [7, 11) is 1.52. The van der Waals surface area contributed by atoms with Crippen LogP contribution in [0.1, 0.15) is 40.1 Å². The average molecular weight is 343 g/mol. The van der Waals surface area contributed by atoms with E-state index in [1.54, 1.807) is 36.4 Å². The van der Waals surface area contributed by atoms with Crippen LogP contribution in [0.15, 0.2) is 36.4 Å². The zero-order chi connectivity index (χ0) is 18.4. The second kappa shape index (κ2) is 8.19. The van der Waals surface area contributed by atoms with Crippen LogP contribution in [0.5, 0.6) is 17.2 Å². The lowest BCUT2D eigenvalue weighted by molar-refractivity contribution is 0.0993. The Morgan fingerprint density at radius 2 is 1.80 bits per heavy atom. The van der Waals surface area contributed by atoms with Crippen LogP contribution in [0.4, 0.5) is 0 Å². The molecule has 0 aromatic heterocycles. The highest BCUT2D eigenvalue weighted by Crippen LogP contribution is 2.27. The highest BCUT2D eigenvalue weighted by atomic mass is 16.5. The first-order chi connectivity index (χ1) is 12.0. The summed E-state index contributed by atoms with van der Waals surface area (Å²) in [6.07, 6.45) is 0. The van der Waals surface area contributed by atoms with Gasteiger partial charge in [-0.1, -0.05) is 0 Å². The van der Waals surface area contributed by atoms with Crippen molar-refractivity contribution in [3.05, 3.63) is 53.1 Å². The number of primary amides is 1. The predicted octanol–water partition coefficient (Wildman–Crippen LogP) is 2.97. The minimum atomic E-state index is -0.597. The number of ketones is 1. The quantitative estimate of drug-likeness (QED) is 0.745. The second-order valence-electron chi connectivity index (χ2n) is 5.33. The number of ether oxygens (including phenoxy) is 3. The molecule has 2 aromatic rings. The van der Waals surface area contributed by atoms with E-state index in [1.165, 1.54) is 14.0 Å². The number of rotatable bonds is 8. The van der Waals surface area contributed by atoms with Gasteiger partial charge in [0.1, 0.15) is 23.9 Å². The summed E-state index contributed by atoms with van der Waals surface area (Å²) < 4.78 is 16.5. The van der Waals surface area contributed by atoms with Gasteiger partial charge in [0.05, 0.1) is 19.3 Å². The molecule has 0 fully saturated rings. The van der Waals surface area contributed by atoms with Crippen LogP contribution in [0.2, 0.25) is 0 Å². The van der Waals surface area contributed by atoms with Gasteiger partial charge in [-0.3, -0.25) is 9.59 Å². The maximum Gasteiger partial charge on any atom is 0.252 e. The number of nitrogens with two attached hydrogens (primary N) is 1. The van der Waals surface area contributed by atoms with Gasteiger partial charge in [0.2, 0.25) is 0 Å². The number of carbonyl (C=O) groups excluding carboxylic acids is 2. The Hall–Kier alpha value is -3.02. The predicted molar refractivity (Wildman–Crippen MR) is 93.5 cm³/mol. The number of benzene rings is 2. The smallest absolute Gasteiger partial charge is 0.252 e. The molecule has 25 heavy (non-hydrogen) atoms. The van der Waals surface area contributed by atoms with Crippen molar-refractivity contribution in [3.8, 4) is 17.2 Å². The lowest BCUT2D eigenvalue weighted by Gasteiger charge is -2.14. The van der Waals surface area contributed by atoms with E-state index in [2.05, 4.69) is 0 Å². The van der Waals surface area contributed by atoms with Crippen LogP contribution in [0, 0.1) is 0 Å². The molecule has 0 bridgehead atoms. The summed E-state index contributed by atoms with van der Waals surface area (Å²) >= 11 is 0. The SMILES string of the molecule is CCOc1ccc(C(C)=O)cc1COc1cc(OC)ccc1C(N)=O. The largest absolute Gasteiger partial charge is 0.497 e. The van der Waals surface area contributed by atoms with Crippen molar-refractivity contribution in [2.45, 2.75) is 20.5 Å². The summed E-state index contributed by atoms with van der Waals surface area (Å²) in [5, 5.41) is 0. The summed E-state index contributed by atoms with van der Waals surface area (Å²) in [4.78, 5) is 23.2. The molecule has 0 aliphatic heterocycles. The third-order valence-electron chi connectivity index (χ3n) is 3.60. The normalized spacial score (nSPS) is 10.2. The molecule has 0 radical (unpaired) electrons. The van der Waals surface area contributed by atoms with Crippen molar-refractivity contribution in [2.24, 2.45) is 5.73 Å². The molecule has 2 rings (SSSR count). The Morgan fingerprint density at radius 1 is 1.04 bits per heavy atom. The minimum absolute atomic E-state index is 0.0523. The molecule has 1 amide bonds. The molecule has 0 heterocycles. The summed E-state index contributed by atoms with van der Waals surface area (Å²) in [5.41, 5.74) is 6.90. The molecule has 0 saturated heterocycles. The average Bonchev–Trinajstić information content (AvgIpc) is 2.60. The van der Waals surface area contributed by atoms with E-state index in [1.807, 2.05) is 6.92 Å². The minimum Gasteiger partial charge on any atom is -0.497 e. The van der Waals surface area contributed by atoms with E-state index >= 15 is 0 Å². The van der Waals surface area contributed by atoms with Crippen molar-refractivity contribution < 1.29 is 23.8 Å². The Morgan fingerprint density at radius 3 is 2.40 bits per heavy atom. The van der Waals surface area contributed by atoms with Gasteiger partial charge in [0.25, 0.3) is 5.91 Å². The number of methoxy groups -OCH3 is 1. The maximum atomic E-state index is 11.6. The molecule has 0 aliphatic carbocycles. The van der Waals surface area contributed by atoms with Crippen LogP contribution in [0.3, 0.4) is 0 Å². The molecular formula is C19H21NO5. The van der Waals surface area contributed by atoms with Gasteiger partial charge in [-0.05, 0) is 44.2 Å². The molecule has 0 spiro atoms. The van der Waals surface area contributed by atoms with Crippen LogP contribution < -0.4 is 19.9 Å². The van der Waals surface area contributed by atoms with Crippen molar-refractivity contribution in [1.29, 1.82) is 0 Å². The number of hydrogen-bond donors (Lipinski definition) is 1. The first-order valence-corrected chi connectivity index (χ1v) is 7.83. The Balaban J connectivity index is 2.32. The fourth-order valence-corrected chi connectivity index (χ4v) is 2.32. The number of amides is 1. The molecule has 2 aromatic carbocycles. The van der Waals surface area contributed by atoms with Crippen LogP contribution in [-0.4, -0.2) is 25.4 Å². The lowest BCUT2D eigenvalue weighted by atomic mass is 10.1. The van der Waals surface area contributed by atoms with Crippen molar-refractivity contribution >= 4 is 11.7 Å². The van der Waals surface area contributed by atoms with E-state index in [4.69, 9.17) is 19.9 Å². The monoisotopic (exact) mass is 343 g/mol. The number of Topliss-reactive ketones (excluding diaryl/α,β-unsaturated/α-hetero) is 1. The van der Waals surface area contributed by atoms with E-state index in [9.17, 15) is 9.59 Å². The van der Waals surface area contributed by atoms with Gasteiger partial charge < -0.3 is 19.9 Å². The summed E-state index contributed by atoms with van der Waals surface area (Å²) in [5.74, 6) is 0.824. The summed E-state index contributed by atoms with van der Waals surface area (Å²) in [6.45, 7) is 3.96. The Labute approximate surface area is 146 Å². The van der Waals surface area contributed by atoms with Gasteiger partial charge in [0, 0.05) is 17.2 Å². The van der Waals surface area contributed by atoms with Crippen LogP contribution in [0.25, 0.3) is 0 Å². The number of hydrogen-bond acceptors (Lipinski definition) is 5. The van der Waals surface area contributed by atoms with Gasteiger partial charge in [-0.15, -0.1) is 0 Å². The van der Waals surface area contributed by atoms with Gasteiger partial charge in [0.15, 0.2) is 5.78 Å². The Kier molecular flexibility index (Phi) is 6.00. The molecule has 6 heteroatoms. The zero-order valence-corrected chi connectivity index (χ0v) is 14.5. The van der Waals surface area contributed by atoms with E-state index in [0.29, 0.717) is 35.0 Å². The van der Waals surface area contributed by atoms with E-state index < -0.39 is 5.91 Å². The molecule has 0 unspecified atom stereocenters. The van der Waals surface area contributed by atoms with Gasteiger partial charge in [-0.2, -0.15) is 0 Å². The third-order valence-corrected chi connectivity index (χ3v) is 3.60. The zero-order valence-electron chi connectivity index (χ0n) is 14.5. The fourth-order valence-electron chi connectivity index (χ4n) is 2.32. The maximum absolute atomic E-state index is 11.6. The van der Waals surface area contributed by atoms with Gasteiger partial charge in [-0.25, -0.2) is 0 Å². The van der Waals surface area contributed by atoms with Crippen molar-refractivity contribution in [1.82, 2.24) is 0 Å². The highest BCUT2D eigenvalue weighted by Gasteiger charge is 2.13. The second-order valence-corrected chi connectivity index (χ2v) is 5.33. The molecular weight excluding hydrogens is 322 g/mol. The molecule has 0 saturated carbocycles. The van der Waals surface area contributed by atoms with Crippen LogP contribution in [-0.2, 0) is 6.61 Å². The van der Waals surface area contributed by atoms with E-state index in [0.717, 1.165) is 0 Å². The standard InChI is InChI=1S/C19H21NO5/c1-4-24-17-8-5-13(12(2)21)9-14(17)11-25-18-10-15(23-3)6-7-16(18)19(20)22/h5-10H,4,11H2,1-3H3,(H2,20,22). The molecule has 132 valence electrons. The van der Waals surface area contributed by atoms with Crippen molar-refractivity contribution in [2.75, 3.05) is 13.7 Å². The number of carbonyl (C=O) groups is 2. The van der Waals surface area contributed by atoms with Crippen LogP contribution >= 0.6 is 0 Å². The molecule has 0 aliphatic rings. The fraction of sp³-hybridized carbons (Fsp3) is 0.263. The lowest BCUT2D eigenvalue weighted by Crippen LogP contribution is -2.13. The third kappa shape index (κ3) is 4.50. The summed E-state index contributed by atoms with van der Waals surface area (Å²) in [6, 6.07) is 9.93. The highest BCUT2D eigenvalue weighted by molar-refractivity contribution is 5.96.